The van der Waals surface area contributed by atoms with E-state index in [4.69, 9.17) is 4.42 Å². The summed E-state index contributed by atoms with van der Waals surface area (Å²) in [6.07, 6.45) is 0.653. The van der Waals surface area contributed by atoms with Crippen molar-refractivity contribution in [2.24, 2.45) is 0 Å². The first-order valence-corrected chi connectivity index (χ1v) is 5.38. The number of hydrogen-bond donors (Lipinski definition) is 0. The van der Waals surface area contributed by atoms with E-state index in [1.165, 1.54) is 24.5 Å². The molecule has 0 aliphatic heterocycles. The Morgan fingerprint density at radius 1 is 1.05 bits per heavy atom. The van der Waals surface area contributed by atoms with Gasteiger partial charge in [0.1, 0.15) is 0 Å². The Morgan fingerprint density at radius 2 is 1.79 bits per heavy atom. The molecule has 0 spiro atoms. The zero-order valence-electron chi connectivity index (χ0n) is 9.65. The summed E-state index contributed by atoms with van der Waals surface area (Å²) in [4.78, 5) is 10.4. The molecule has 0 unspecified atom stereocenters. The number of carbonyl (C=O) groups is 1. The minimum Gasteiger partial charge on any atom is -0.461 e. The van der Waals surface area contributed by atoms with Gasteiger partial charge in [0.15, 0.2) is 12.0 Å². The fourth-order valence-corrected chi connectivity index (χ4v) is 1.53. The fraction of sp³-hybridized carbons (Fsp3) is 0.0714. The molecule has 2 nitrogen and oxygen atoms in total. The van der Waals surface area contributed by atoms with Gasteiger partial charge in [0.2, 0.25) is 0 Å². The Balaban J connectivity index is 2.21. The summed E-state index contributed by atoms with van der Waals surface area (Å²) in [7, 11) is 0. The van der Waals surface area contributed by atoms with Gasteiger partial charge in [-0.3, -0.25) is 4.79 Å². The molecule has 0 N–H and O–H groups in total. The van der Waals surface area contributed by atoms with Crippen LogP contribution < -0.4 is 0 Å². The molecule has 0 atom stereocenters. The fourth-order valence-electron chi connectivity index (χ4n) is 1.53. The van der Waals surface area contributed by atoms with E-state index in [0.717, 1.165) is 12.1 Å². The highest BCUT2D eigenvalue weighted by Gasteiger charge is 2.30. The number of rotatable bonds is 3. The predicted molar refractivity (Wildman–Crippen MR) is 64.5 cm³/mol. The van der Waals surface area contributed by atoms with E-state index in [1.54, 1.807) is 12.1 Å². The van der Waals surface area contributed by atoms with Crippen molar-refractivity contribution in [2.45, 2.75) is 6.18 Å². The minimum atomic E-state index is -4.36. The maximum absolute atomic E-state index is 12.5. The molecule has 0 fully saturated rings. The van der Waals surface area contributed by atoms with Gasteiger partial charge in [0.25, 0.3) is 0 Å². The first-order chi connectivity index (χ1) is 8.99. The van der Waals surface area contributed by atoms with Crippen molar-refractivity contribution < 1.29 is 22.4 Å². The van der Waals surface area contributed by atoms with Crippen molar-refractivity contribution in [3.05, 3.63) is 59.0 Å². The van der Waals surface area contributed by atoms with Crippen LogP contribution in [0.2, 0.25) is 0 Å². The topological polar surface area (TPSA) is 30.2 Å². The van der Waals surface area contributed by atoms with Gasteiger partial charge in [-0.1, -0.05) is 24.3 Å². The SMILES string of the molecule is O=Cc1cc(/C=C/c2cccc(C(F)(F)F)c2)co1. The van der Waals surface area contributed by atoms with Crippen LogP contribution in [0.3, 0.4) is 0 Å². The Bertz CT molecular complexity index is 609. The van der Waals surface area contributed by atoms with Crippen molar-refractivity contribution in [1.29, 1.82) is 0 Å². The molecular formula is C14H9F3O2. The van der Waals surface area contributed by atoms with Crippen LogP contribution in [-0.4, -0.2) is 6.29 Å². The van der Waals surface area contributed by atoms with Gasteiger partial charge >= 0.3 is 6.18 Å². The third-order valence-corrected chi connectivity index (χ3v) is 2.44. The van der Waals surface area contributed by atoms with Crippen molar-refractivity contribution >= 4 is 18.4 Å². The molecule has 19 heavy (non-hydrogen) atoms. The molecule has 2 aromatic rings. The van der Waals surface area contributed by atoms with E-state index in [0.29, 0.717) is 17.4 Å². The van der Waals surface area contributed by atoms with Crippen molar-refractivity contribution in [1.82, 2.24) is 0 Å². The number of carbonyl (C=O) groups excluding carboxylic acids is 1. The summed E-state index contributed by atoms with van der Waals surface area (Å²) in [5.41, 5.74) is 0.332. The zero-order chi connectivity index (χ0) is 13.9. The maximum atomic E-state index is 12.5. The first kappa shape index (κ1) is 13.1. The van der Waals surface area contributed by atoms with E-state index in [-0.39, 0.29) is 5.76 Å². The lowest BCUT2D eigenvalue weighted by atomic mass is 10.1. The zero-order valence-corrected chi connectivity index (χ0v) is 9.65. The molecule has 0 aliphatic carbocycles. The number of alkyl halides is 3. The second kappa shape index (κ2) is 5.14. The summed E-state index contributed by atoms with van der Waals surface area (Å²) in [6.45, 7) is 0. The van der Waals surface area contributed by atoms with Gasteiger partial charge in [-0.2, -0.15) is 13.2 Å². The van der Waals surface area contributed by atoms with Gasteiger partial charge in [-0.05, 0) is 23.8 Å². The molecule has 0 saturated heterocycles. The molecular weight excluding hydrogens is 257 g/mol. The highest BCUT2D eigenvalue weighted by molar-refractivity contribution is 5.75. The predicted octanol–water partition coefficient (Wildman–Crippen LogP) is 4.28. The number of benzene rings is 1. The van der Waals surface area contributed by atoms with Crippen LogP contribution in [0.4, 0.5) is 13.2 Å². The smallest absolute Gasteiger partial charge is 0.416 e. The van der Waals surface area contributed by atoms with Crippen LogP contribution in [0.5, 0.6) is 0 Å². The third-order valence-electron chi connectivity index (χ3n) is 2.44. The van der Waals surface area contributed by atoms with Crippen LogP contribution in [0, 0.1) is 0 Å². The van der Waals surface area contributed by atoms with Gasteiger partial charge in [-0.25, -0.2) is 0 Å². The van der Waals surface area contributed by atoms with E-state index < -0.39 is 11.7 Å². The molecule has 5 heteroatoms. The summed E-state index contributed by atoms with van der Waals surface area (Å²) in [5, 5.41) is 0. The van der Waals surface area contributed by atoms with E-state index in [1.807, 2.05) is 0 Å². The van der Waals surface area contributed by atoms with Gasteiger partial charge in [0, 0.05) is 5.56 Å². The van der Waals surface area contributed by atoms with Gasteiger partial charge in [0.05, 0.1) is 11.8 Å². The van der Waals surface area contributed by atoms with Crippen LogP contribution in [0.25, 0.3) is 12.2 Å². The first-order valence-electron chi connectivity index (χ1n) is 5.38. The summed E-state index contributed by atoms with van der Waals surface area (Å²) in [6, 6.07) is 6.47. The highest BCUT2D eigenvalue weighted by Crippen LogP contribution is 2.29. The second-order valence-electron chi connectivity index (χ2n) is 3.86. The summed E-state index contributed by atoms with van der Waals surface area (Å²) >= 11 is 0. The number of hydrogen-bond acceptors (Lipinski definition) is 2. The highest BCUT2D eigenvalue weighted by atomic mass is 19.4. The van der Waals surface area contributed by atoms with E-state index in [9.17, 15) is 18.0 Å². The second-order valence-corrected chi connectivity index (χ2v) is 3.86. The lowest BCUT2D eigenvalue weighted by molar-refractivity contribution is -0.137. The molecule has 1 aromatic carbocycles. The van der Waals surface area contributed by atoms with Crippen LogP contribution in [0.1, 0.15) is 27.2 Å². The lowest BCUT2D eigenvalue weighted by Crippen LogP contribution is -2.04. The average Bonchev–Trinajstić information content (AvgIpc) is 2.84. The third kappa shape index (κ3) is 3.34. The Morgan fingerprint density at radius 3 is 2.42 bits per heavy atom. The van der Waals surface area contributed by atoms with Crippen LogP contribution >= 0.6 is 0 Å². The Kier molecular flexibility index (Phi) is 3.55. The summed E-state index contributed by atoms with van der Waals surface area (Å²) in [5.74, 6) is 0.170. The number of halogens is 3. The molecule has 0 amide bonds. The molecule has 1 aromatic heterocycles. The lowest BCUT2D eigenvalue weighted by Gasteiger charge is -2.06. The van der Waals surface area contributed by atoms with Crippen LogP contribution in [0.15, 0.2) is 41.0 Å². The van der Waals surface area contributed by atoms with Crippen LogP contribution in [-0.2, 0) is 6.18 Å². The molecule has 2 rings (SSSR count). The monoisotopic (exact) mass is 266 g/mol. The Hall–Kier alpha value is -2.30. The van der Waals surface area contributed by atoms with Crippen molar-refractivity contribution in [3.63, 3.8) is 0 Å². The molecule has 0 saturated carbocycles. The standard InChI is InChI=1S/C14H9F3O2/c15-14(16,17)12-3-1-2-10(6-12)4-5-11-7-13(8-18)19-9-11/h1-9H/b5-4+. The minimum absolute atomic E-state index is 0.170. The quantitative estimate of drug-likeness (QED) is 0.776. The average molecular weight is 266 g/mol. The van der Waals surface area contributed by atoms with Gasteiger partial charge in [-0.15, -0.1) is 0 Å². The maximum Gasteiger partial charge on any atom is 0.416 e. The normalized spacial score (nSPS) is 11.9. The molecule has 1 heterocycles. The largest absolute Gasteiger partial charge is 0.461 e. The van der Waals surface area contributed by atoms with E-state index >= 15 is 0 Å². The molecule has 98 valence electrons. The molecule has 0 aliphatic rings. The Labute approximate surface area is 107 Å². The number of furan rings is 1. The molecule has 0 bridgehead atoms. The number of aldehydes is 1. The van der Waals surface area contributed by atoms with E-state index in [2.05, 4.69) is 0 Å². The molecule has 0 radical (unpaired) electrons. The van der Waals surface area contributed by atoms with Crippen molar-refractivity contribution in [3.8, 4) is 0 Å². The summed E-state index contributed by atoms with van der Waals surface area (Å²) < 4.78 is 42.4. The van der Waals surface area contributed by atoms with Gasteiger partial charge < -0.3 is 4.42 Å². The van der Waals surface area contributed by atoms with Crippen molar-refractivity contribution in [2.75, 3.05) is 0 Å².